The first-order chi connectivity index (χ1) is 41.3. The maximum absolute atomic E-state index is 15.9. The minimum atomic E-state index is -1.98. The number of hydrogen-bond donors (Lipinski definition) is 4. The normalized spacial score (nSPS) is 17.2. The highest BCUT2D eigenvalue weighted by Crippen LogP contribution is 2.31. The molecule has 6 rings (SSSR count). The van der Waals surface area contributed by atoms with Gasteiger partial charge in [-0.2, -0.15) is 0 Å². The van der Waals surface area contributed by atoms with Crippen molar-refractivity contribution in [3.8, 4) is 0 Å². The highest BCUT2D eigenvalue weighted by Gasteiger charge is 2.50. The standard InChI is InChI=1S/C63H79Cl3N8O13/c1-62(2,3)87-61(83)74(54(76)46(68)29-17-31-48(70)59(81)85-39-44-26-14-7-15-27-44)52(37-42-22-10-5-11-23-42)56(78)71-34-18-32-49(71)57(79)73(53(75)45(67)28-16-30-47(69)58(80)84-38-43-24-12-6-13-25-43)51(36-41-20-8-4-9-21-41)55(77)72-35-19-33-50(72)60(82)86-40-63(64,65)66/h4-15,20-27,45-52H,16-19,28-40,67-70H2,1-3H3/t45-,46-,47?,48?,49-,50-,51+,52+/m0/s1. The molecule has 21 nitrogen and oxygen atoms in total. The Bertz CT molecular complexity index is 2960. The number of rotatable bonds is 27. The molecule has 4 aromatic carbocycles. The van der Waals surface area contributed by atoms with Crippen molar-refractivity contribution in [2.24, 2.45) is 22.9 Å². The van der Waals surface area contributed by atoms with E-state index < -0.39 is 118 Å². The first-order valence-corrected chi connectivity index (χ1v) is 30.3. The van der Waals surface area contributed by atoms with Crippen molar-refractivity contribution >= 4 is 88.3 Å². The van der Waals surface area contributed by atoms with Gasteiger partial charge in [-0.15, -0.1) is 0 Å². The van der Waals surface area contributed by atoms with Crippen LogP contribution in [0, 0.1) is 0 Å². The lowest BCUT2D eigenvalue weighted by Gasteiger charge is -2.39. The monoisotopic (exact) mass is 1260 g/mol. The van der Waals surface area contributed by atoms with E-state index in [1.807, 2.05) is 12.1 Å². The number of hydrogen-bond acceptors (Lipinski definition) is 17. The predicted octanol–water partition coefficient (Wildman–Crippen LogP) is 6.36. The summed E-state index contributed by atoms with van der Waals surface area (Å²) in [4.78, 5) is 135. The Balaban J connectivity index is 1.34. The summed E-state index contributed by atoms with van der Waals surface area (Å²) < 4.78 is 20.0. The van der Waals surface area contributed by atoms with Gasteiger partial charge in [0.05, 0.1) is 12.1 Å². The summed E-state index contributed by atoms with van der Waals surface area (Å²) in [5, 5.41) is 0. The van der Waals surface area contributed by atoms with Crippen LogP contribution in [-0.2, 0) is 83.4 Å². The van der Waals surface area contributed by atoms with Crippen LogP contribution in [0.15, 0.2) is 121 Å². The molecule has 2 fully saturated rings. The zero-order valence-electron chi connectivity index (χ0n) is 49.2. The van der Waals surface area contributed by atoms with E-state index in [2.05, 4.69) is 0 Å². The maximum Gasteiger partial charge on any atom is 0.417 e. The number of imide groups is 2. The third-order valence-corrected chi connectivity index (χ3v) is 15.1. The van der Waals surface area contributed by atoms with Gasteiger partial charge in [-0.25, -0.2) is 14.5 Å². The van der Waals surface area contributed by atoms with Crippen LogP contribution >= 0.6 is 34.8 Å². The molecule has 2 saturated heterocycles. The third-order valence-electron chi connectivity index (χ3n) is 14.8. The number of nitrogens with two attached hydrogens (primary N) is 4. The van der Waals surface area contributed by atoms with Crippen LogP contribution < -0.4 is 22.9 Å². The van der Waals surface area contributed by atoms with Gasteiger partial charge in [0, 0.05) is 25.9 Å². The Morgan fingerprint density at radius 2 is 0.885 bits per heavy atom. The van der Waals surface area contributed by atoms with E-state index in [9.17, 15) is 24.0 Å². The van der Waals surface area contributed by atoms with E-state index in [-0.39, 0.29) is 96.9 Å². The minimum absolute atomic E-state index is 0.00182. The molecule has 0 bridgehead atoms. The number of nitrogens with zero attached hydrogens (tertiary/aromatic N) is 4. The molecule has 0 saturated carbocycles. The number of alkyl halides is 3. The van der Waals surface area contributed by atoms with E-state index in [0.717, 1.165) is 16.0 Å². The largest absolute Gasteiger partial charge is 0.460 e. The van der Waals surface area contributed by atoms with Gasteiger partial charge >= 0.3 is 24.0 Å². The average Bonchev–Trinajstić information content (AvgIpc) is 2.01. The number of esters is 3. The molecule has 2 aliphatic rings. The molecule has 8 atom stereocenters. The molecular formula is C63H79Cl3N8O13. The van der Waals surface area contributed by atoms with Gasteiger partial charge in [0.25, 0.3) is 5.91 Å². The number of halogens is 3. The molecule has 2 heterocycles. The summed E-state index contributed by atoms with van der Waals surface area (Å²) in [5.41, 5.74) is 27.1. The van der Waals surface area contributed by atoms with Gasteiger partial charge in [0.2, 0.25) is 27.4 Å². The van der Waals surface area contributed by atoms with Crippen molar-refractivity contribution in [3.05, 3.63) is 144 Å². The minimum Gasteiger partial charge on any atom is -0.460 e. The van der Waals surface area contributed by atoms with Crippen molar-refractivity contribution in [3.63, 3.8) is 0 Å². The number of carbonyl (C=O) groups excluding carboxylic acids is 9. The van der Waals surface area contributed by atoms with Crippen LogP contribution in [0.4, 0.5) is 4.79 Å². The Hall–Kier alpha value is -6.98. The Labute approximate surface area is 522 Å². The number of ether oxygens (including phenoxy) is 4. The molecule has 87 heavy (non-hydrogen) atoms. The number of likely N-dealkylation sites (tertiary alicyclic amines) is 2. The molecule has 2 unspecified atom stereocenters. The fraction of sp³-hybridized carbons (Fsp3) is 0.476. The number of amides is 6. The van der Waals surface area contributed by atoms with Crippen molar-refractivity contribution in [2.45, 2.75) is 169 Å². The second-order valence-electron chi connectivity index (χ2n) is 22.7. The Morgan fingerprint density at radius 3 is 1.30 bits per heavy atom. The topological polar surface area (TPSA) is 308 Å². The van der Waals surface area contributed by atoms with Crippen LogP contribution in [0.25, 0.3) is 0 Å². The lowest BCUT2D eigenvalue weighted by molar-refractivity contribution is -0.162. The van der Waals surface area contributed by atoms with E-state index >= 15 is 19.2 Å². The van der Waals surface area contributed by atoms with E-state index in [0.29, 0.717) is 22.4 Å². The van der Waals surface area contributed by atoms with Crippen LogP contribution in [0.1, 0.15) is 107 Å². The highest BCUT2D eigenvalue weighted by molar-refractivity contribution is 6.67. The van der Waals surface area contributed by atoms with Crippen LogP contribution in [0.2, 0.25) is 0 Å². The maximum atomic E-state index is 15.9. The molecule has 0 aliphatic carbocycles. The summed E-state index contributed by atoms with van der Waals surface area (Å²) in [7, 11) is 0. The van der Waals surface area contributed by atoms with Crippen LogP contribution in [0.3, 0.4) is 0 Å². The highest BCUT2D eigenvalue weighted by atomic mass is 35.6. The third kappa shape index (κ3) is 20.8. The van der Waals surface area contributed by atoms with Crippen LogP contribution in [-0.4, -0.2) is 151 Å². The molecule has 0 spiro atoms. The SMILES string of the molecule is CC(C)(C)OC(=O)N(C(=O)[C@@H](N)CCCC(N)C(=O)OCc1ccccc1)[C@H](Cc1ccccc1)C(=O)N1CCC[C@H]1C(=O)N(C(=O)[C@@H](N)CCCC(N)C(=O)OCc1ccccc1)[C@H](Cc1ccccc1)C(=O)N1CCC[C@H]1C(=O)OCC(Cl)(Cl)Cl. The Morgan fingerprint density at radius 1 is 0.517 bits per heavy atom. The fourth-order valence-corrected chi connectivity index (χ4v) is 10.5. The van der Waals surface area contributed by atoms with Gasteiger partial charge in [-0.1, -0.05) is 156 Å². The van der Waals surface area contributed by atoms with Gasteiger partial charge < -0.3 is 51.7 Å². The zero-order valence-corrected chi connectivity index (χ0v) is 51.5. The summed E-state index contributed by atoms with van der Waals surface area (Å²) in [6.45, 7) is 3.94. The summed E-state index contributed by atoms with van der Waals surface area (Å²) >= 11 is 17.8. The quantitative estimate of drug-likeness (QED) is 0.0287. The van der Waals surface area contributed by atoms with Crippen molar-refractivity contribution in [1.82, 2.24) is 19.6 Å². The van der Waals surface area contributed by atoms with Gasteiger partial charge in [0.15, 0.2) is 0 Å². The van der Waals surface area contributed by atoms with E-state index in [1.165, 1.54) is 9.80 Å². The Kier molecular flexibility index (Phi) is 26.1. The lowest BCUT2D eigenvalue weighted by Crippen LogP contribution is -2.64. The van der Waals surface area contributed by atoms with Gasteiger partial charge in [-0.3, -0.25) is 38.5 Å². The smallest absolute Gasteiger partial charge is 0.417 e. The second kappa shape index (κ2) is 32.8. The summed E-state index contributed by atoms with van der Waals surface area (Å²) in [6, 6.07) is 23.7. The zero-order chi connectivity index (χ0) is 63.4. The van der Waals surface area contributed by atoms with Crippen molar-refractivity contribution in [1.29, 1.82) is 0 Å². The van der Waals surface area contributed by atoms with Gasteiger partial charge in [-0.05, 0) is 107 Å². The lowest BCUT2D eigenvalue weighted by atomic mass is 9.98. The molecular weight excluding hydrogens is 1180 g/mol. The molecule has 4 aromatic rings. The van der Waals surface area contributed by atoms with Crippen molar-refractivity contribution < 1.29 is 62.1 Å². The van der Waals surface area contributed by atoms with E-state index in [4.69, 9.17) is 76.7 Å². The summed E-state index contributed by atoms with van der Waals surface area (Å²) in [5.74, 6) is -7.03. The second-order valence-corrected chi connectivity index (χ2v) is 25.2. The predicted molar refractivity (Wildman–Crippen MR) is 326 cm³/mol. The number of benzene rings is 4. The molecule has 6 amide bonds. The first kappa shape index (κ1) is 69.1. The number of carbonyl (C=O) groups is 9. The van der Waals surface area contributed by atoms with Crippen molar-refractivity contribution in [2.75, 3.05) is 19.7 Å². The molecule has 0 aromatic heterocycles. The molecule has 470 valence electrons. The van der Waals surface area contributed by atoms with E-state index in [1.54, 1.807) is 130 Å². The first-order valence-electron chi connectivity index (χ1n) is 29.1. The molecule has 2 aliphatic heterocycles. The molecule has 8 N–H and O–H groups in total. The fourth-order valence-electron chi connectivity index (χ4n) is 10.3. The van der Waals surface area contributed by atoms with Gasteiger partial charge in [0.1, 0.15) is 61.7 Å². The molecule has 0 radical (unpaired) electrons. The average molecular weight is 1260 g/mol. The molecule has 24 heteroatoms. The summed E-state index contributed by atoms with van der Waals surface area (Å²) in [6.07, 6.45) is -1.21. The van der Waals surface area contributed by atoms with Crippen LogP contribution in [0.5, 0.6) is 0 Å².